The molecule has 34 heavy (non-hydrogen) atoms. The number of nitrogens with one attached hydrogen (secondary N) is 1. The number of carboxylic acid groups (broad SMARTS) is 1. The van der Waals surface area contributed by atoms with E-state index in [-0.39, 0.29) is 18.8 Å². The molecule has 5 rings (SSSR count). The summed E-state index contributed by atoms with van der Waals surface area (Å²) in [6, 6.07) is 14.4. The molecule has 4 aromatic rings. The zero-order chi connectivity index (χ0) is 23.7. The molecule has 0 aliphatic carbocycles. The number of benzene rings is 2. The molecule has 9 heteroatoms. The number of nitrogens with zero attached hydrogens (tertiary/aromatic N) is 5. The minimum absolute atomic E-state index is 0.188. The topological polar surface area (TPSA) is 96.2 Å². The fourth-order valence-electron chi connectivity index (χ4n) is 4.16. The molecule has 2 aromatic heterocycles. The Balaban J connectivity index is 1.46. The van der Waals surface area contributed by atoms with E-state index < -0.39 is 6.09 Å². The molecule has 2 N–H and O–H groups in total. The third-order valence-electron chi connectivity index (χ3n) is 5.96. The van der Waals surface area contributed by atoms with Gasteiger partial charge in [0.05, 0.1) is 17.9 Å². The summed E-state index contributed by atoms with van der Waals surface area (Å²) in [5, 5.41) is 12.7. The summed E-state index contributed by atoms with van der Waals surface area (Å²) in [6.07, 6.45) is 3.39. The minimum Gasteiger partial charge on any atom is -0.465 e. The van der Waals surface area contributed by atoms with Crippen molar-refractivity contribution in [2.75, 3.05) is 11.9 Å². The number of imidazole rings is 1. The second-order valence-electron chi connectivity index (χ2n) is 8.16. The van der Waals surface area contributed by atoms with Crippen LogP contribution in [0.5, 0.6) is 0 Å². The first-order valence-electron chi connectivity index (χ1n) is 11.0. The average Bonchev–Trinajstić information content (AvgIpc) is 3.26. The molecule has 3 heterocycles. The Labute approximate surface area is 195 Å². The standard InChI is InChI=1S/C25H23FN6O2/c1-16-27-11-13-32(16)19-8-6-18(7-9-19)28-24-29-22-10-12-31(25(33)34)15-20(22)23(30-24)14-17-4-2-3-5-21(17)26/h2-9,11,13H,10,12,14-15H2,1H3,(H,33,34)(H,28,29,30). The first kappa shape index (κ1) is 21.6. The van der Waals surface area contributed by atoms with Crippen LogP contribution in [0.15, 0.2) is 60.9 Å². The Hall–Kier alpha value is -4.27. The predicted molar refractivity (Wildman–Crippen MR) is 125 cm³/mol. The lowest BCUT2D eigenvalue weighted by Crippen LogP contribution is -2.36. The first-order valence-corrected chi connectivity index (χ1v) is 11.0. The monoisotopic (exact) mass is 458 g/mol. The second kappa shape index (κ2) is 8.93. The summed E-state index contributed by atoms with van der Waals surface area (Å²) >= 11 is 0. The molecule has 1 amide bonds. The van der Waals surface area contributed by atoms with Gasteiger partial charge in [0, 0.05) is 48.7 Å². The van der Waals surface area contributed by atoms with Crippen LogP contribution in [-0.2, 0) is 19.4 Å². The Morgan fingerprint density at radius 3 is 2.65 bits per heavy atom. The van der Waals surface area contributed by atoms with E-state index in [1.54, 1.807) is 24.4 Å². The van der Waals surface area contributed by atoms with E-state index in [1.807, 2.05) is 42.0 Å². The number of aromatic nitrogens is 4. The molecule has 0 bridgehead atoms. The normalized spacial score (nSPS) is 12.9. The minimum atomic E-state index is -0.988. The van der Waals surface area contributed by atoms with Gasteiger partial charge in [-0.15, -0.1) is 0 Å². The molecule has 0 atom stereocenters. The molecule has 2 aromatic carbocycles. The number of rotatable bonds is 5. The highest BCUT2D eigenvalue weighted by molar-refractivity contribution is 5.66. The maximum absolute atomic E-state index is 14.4. The van der Waals surface area contributed by atoms with E-state index in [1.165, 1.54) is 11.0 Å². The van der Waals surface area contributed by atoms with Gasteiger partial charge in [-0.2, -0.15) is 0 Å². The molecule has 0 spiro atoms. The maximum Gasteiger partial charge on any atom is 0.407 e. The van der Waals surface area contributed by atoms with E-state index in [0.29, 0.717) is 30.2 Å². The van der Waals surface area contributed by atoms with Crippen LogP contribution in [0.25, 0.3) is 5.69 Å². The van der Waals surface area contributed by atoms with Gasteiger partial charge in [-0.25, -0.2) is 24.1 Å². The van der Waals surface area contributed by atoms with Crippen LogP contribution in [0, 0.1) is 12.7 Å². The van der Waals surface area contributed by atoms with Gasteiger partial charge in [-0.05, 0) is 42.8 Å². The number of hydrogen-bond acceptors (Lipinski definition) is 5. The van der Waals surface area contributed by atoms with E-state index in [9.17, 15) is 14.3 Å². The third kappa shape index (κ3) is 4.32. The van der Waals surface area contributed by atoms with Gasteiger partial charge >= 0.3 is 6.09 Å². The molecule has 1 aliphatic heterocycles. The summed E-state index contributed by atoms with van der Waals surface area (Å²) in [6.45, 7) is 2.49. The molecule has 172 valence electrons. The van der Waals surface area contributed by atoms with Gasteiger partial charge in [0.25, 0.3) is 0 Å². The maximum atomic E-state index is 14.4. The zero-order valence-corrected chi connectivity index (χ0v) is 18.6. The number of anilines is 2. The summed E-state index contributed by atoms with van der Waals surface area (Å²) in [5.74, 6) is 0.980. The number of hydrogen-bond donors (Lipinski definition) is 2. The third-order valence-corrected chi connectivity index (χ3v) is 5.96. The predicted octanol–water partition coefficient (Wildman–Crippen LogP) is 4.48. The van der Waals surface area contributed by atoms with Crippen molar-refractivity contribution in [3.05, 3.63) is 95.1 Å². The molecule has 0 radical (unpaired) electrons. The summed E-state index contributed by atoms with van der Waals surface area (Å²) in [5.41, 5.74) is 4.44. The Morgan fingerprint density at radius 1 is 1.15 bits per heavy atom. The van der Waals surface area contributed by atoms with Gasteiger partial charge in [0.2, 0.25) is 5.95 Å². The number of halogens is 1. The van der Waals surface area contributed by atoms with Crippen LogP contribution >= 0.6 is 0 Å². The van der Waals surface area contributed by atoms with Gasteiger partial charge in [-0.1, -0.05) is 18.2 Å². The quantitative estimate of drug-likeness (QED) is 0.458. The molecule has 0 saturated heterocycles. The lowest BCUT2D eigenvalue weighted by Gasteiger charge is -2.27. The number of aryl methyl sites for hydroxylation is 1. The van der Waals surface area contributed by atoms with Crippen LogP contribution in [0.3, 0.4) is 0 Å². The van der Waals surface area contributed by atoms with Crippen LogP contribution in [-0.4, -0.2) is 42.2 Å². The summed E-state index contributed by atoms with van der Waals surface area (Å²) < 4.78 is 16.4. The molecular weight excluding hydrogens is 435 g/mol. The second-order valence-corrected chi connectivity index (χ2v) is 8.16. The van der Waals surface area contributed by atoms with Crippen molar-refractivity contribution in [3.63, 3.8) is 0 Å². The summed E-state index contributed by atoms with van der Waals surface area (Å²) in [4.78, 5) is 26.5. The molecule has 8 nitrogen and oxygen atoms in total. The first-order chi connectivity index (χ1) is 16.5. The largest absolute Gasteiger partial charge is 0.465 e. The fraction of sp³-hybridized carbons (Fsp3) is 0.200. The van der Waals surface area contributed by atoms with Crippen molar-refractivity contribution in [3.8, 4) is 5.69 Å². The highest BCUT2D eigenvalue weighted by atomic mass is 19.1. The van der Waals surface area contributed by atoms with Gasteiger partial charge in [0.1, 0.15) is 11.6 Å². The molecule has 0 unspecified atom stereocenters. The SMILES string of the molecule is Cc1nccn1-c1ccc(Nc2nc3c(c(Cc4ccccc4F)n2)CN(C(=O)O)CC3)cc1. The molecular formula is C25H23FN6O2. The van der Waals surface area contributed by atoms with Crippen molar-refractivity contribution < 1.29 is 14.3 Å². The number of fused-ring (bicyclic) bond motifs is 1. The van der Waals surface area contributed by atoms with Crippen molar-refractivity contribution in [2.45, 2.75) is 26.3 Å². The van der Waals surface area contributed by atoms with Crippen LogP contribution in [0.2, 0.25) is 0 Å². The van der Waals surface area contributed by atoms with Gasteiger partial charge in [-0.3, -0.25) is 0 Å². The van der Waals surface area contributed by atoms with Crippen molar-refractivity contribution >= 4 is 17.7 Å². The van der Waals surface area contributed by atoms with Crippen LogP contribution in [0.1, 0.15) is 28.3 Å². The van der Waals surface area contributed by atoms with Gasteiger partial charge < -0.3 is 19.9 Å². The van der Waals surface area contributed by atoms with Crippen LogP contribution < -0.4 is 5.32 Å². The van der Waals surface area contributed by atoms with E-state index >= 15 is 0 Å². The highest BCUT2D eigenvalue weighted by Gasteiger charge is 2.25. The molecule has 0 saturated carbocycles. The molecule has 1 aliphatic rings. The fourth-order valence-corrected chi connectivity index (χ4v) is 4.16. The highest BCUT2D eigenvalue weighted by Crippen LogP contribution is 2.26. The van der Waals surface area contributed by atoms with E-state index in [0.717, 1.165) is 28.5 Å². The summed E-state index contributed by atoms with van der Waals surface area (Å²) in [7, 11) is 0. The number of carbonyl (C=O) groups is 1. The Bertz CT molecular complexity index is 1350. The lowest BCUT2D eigenvalue weighted by molar-refractivity contribution is 0.139. The number of amides is 1. The average molecular weight is 458 g/mol. The Morgan fingerprint density at radius 2 is 1.94 bits per heavy atom. The van der Waals surface area contributed by atoms with E-state index in [4.69, 9.17) is 0 Å². The lowest BCUT2D eigenvalue weighted by atomic mass is 9.99. The van der Waals surface area contributed by atoms with Crippen molar-refractivity contribution in [1.29, 1.82) is 0 Å². The smallest absolute Gasteiger partial charge is 0.407 e. The van der Waals surface area contributed by atoms with Gasteiger partial charge in [0.15, 0.2) is 0 Å². The van der Waals surface area contributed by atoms with E-state index in [2.05, 4.69) is 20.3 Å². The molecule has 0 fully saturated rings. The van der Waals surface area contributed by atoms with Crippen LogP contribution in [0.4, 0.5) is 20.8 Å². The van der Waals surface area contributed by atoms with Crippen molar-refractivity contribution in [2.24, 2.45) is 0 Å². The zero-order valence-electron chi connectivity index (χ0n) is 18.6. The Kier molecular flexibility index (Phi) is 5.67. The van der Waals surface area contributed by atoms with Crippen molar-refractivity contribution in [1.82, 2.24) is 24.4 Å².